The van der Waals surface area contributed by atoms with Gasteiger partial charge in [-0.15, -0.1) is 0 Å². The Hall–Kier alpha value is -3.13. The largest absolute Gasteiger partial charge is 0.257 e. The zero-order chi connectivity index (χ0) is 24.4. The third-order valence-corrected chi connectivity index (χ3v) is 10.2. The van der Waals surface area contributed by atoms with E-state index in [1.54, 1.807) is 0 Å². The molecule has 0 radical (unpaired) electrons. The number of fused-ring (bicyclic) bond motifs is 7. The van der Waals surface area contributed by atoms with Crippen LogP contribution in [0, 0.1) is 0 Å². The Morgan fingerprint density at radius 1 is 0.730 bits per heavy atom. The Balaban J connectivity index is 1.44. The number of nitrogens with zero attached hydrogens (tertiary/aromatic N) is 1. The minimum Gasteiger partial charge on any atom is -0.257 e. The number of thioether (sulfide) groups is 1. The van der Waals surface area contributed by atoms with Gasteiger partial charge in [0.2, 0.25) is 0 Å². The molecule has 1 saturated heterocycles. The van der Waals surface area contributed by atoms with Gasteiger partial charge in [0.25, 0.3) is 0 Å². The quantitative estimate of drug-likeness (QED) is 0.275. The first-order valence-corrected chi connectivity index (χ1v) is 14.3. The van der Waals surface area contributed by atoms with Gasteiger partial charge in [0.05, 0.1) is 11.1 Å². The van der Waals surface area contributed by atoms with Crippen LogP contribution in [0.3, 0.4) is 0 Å². The molecule has 37 heavy (non-hydrogen) atoms. The van der Waals surface area contributed by atoms with Crippen molar-refractivity contribution >= 4 is 29.1 Å². The fraction of sp³-hybridized carbons (Fsp3) is 0.129. The maximum atomic E-state index is 4.69. The zero-order valence-electron chi connectivity index (χ0n) is 20.0. The highest BCUT2D eigenvalue weighted by molar-refractivity contribution is 8.03. The van der Waals surface area contributed by atoms with Crippen molar-refractivity contribution in [3.05, 3.63) is 136 Å². The monoisotopic (exact) mass is 516 g/mol. The molecule has 4 aliphatic rings. The van der Waals surface area contributed by atoms with Crippen LogP contribution in [-0.4, -0.2) is 4.98 Å². The molecule has 4 aromatic rings. The molecule has 1 fully saturated rings. The van der Waals surface area contributed by atoms with Crippen molar-refractivity contribution in [1.29, 1.82) is 0 Å². The van der Waals surface area contributed by atoms with E-state index in [4.69, 9.17) is 0 Å². The smallest absolute Gasteiger partial charge is 0.111 e. The molecule has 3 aliphatic heterocycles. The zero-order valence-corrected chi connectivity index (χ0v) is 21.6. The summed E-state index contributed by atoms with van der Waals surface area (Å²) < 4.78 is 0. The highest BCUT2D eigenvalue weighted by Gasteiger charge is 2.50. The summed E-state index contributed by atoms with van der Waals surface area (Å²) in [5, 5.41) is 0. The van der Waals surface area contributed by atoms with Crippen LogP contribution >= 0.6 is 23.5 Å². The van der Waals surface area contributed by atoms with E-state index >= 15 is 0 Å². The van der Waals surface area contributed by atoms with Crippen LogP contribution in [0.25, 0.3) is 5.57 Å². The highest BCUT2D eigenvalue weighted by Crippen LogP contribution is 2.63. The van der Waals surface area contributed by atoms with Gasteiger partial charge in [-0.05, 0) is 82.6 Å². The molecular formula is C31H24N4S2. The molecule has 180 valence electrons. The molecule has 8 rings (SSSR count). The van der Waals surface area contributed by atoms with Crippen molar-refractivity contribution in [2.75, 3.05) is 0 Å². The van der Waals surface area contributed by atoms with Crippen molar-refractivity contribution in [2.24, 2.45) is 0 Å². The lowest BCUT2D eigenvalue weighted by Crippen LogP contribution is -2.62. The van der Waals surface area contributed by atoms with Gasteiger partial charge in [-0.2, -0.15) is 5.53 Å². The SMILES string of the molecule is C1=C(c2ccccn2)CCC2=C1Sc1cc(C3NNN3)ccc1C21c2ccccc2Sc2ccccc21. The predicted octanol–water partition coefficient (Wildman–Crippen LogP) is 6.73. The average molecular weight is 517 g/mol. The minimum absolute atomic E-state index is 0.115. The van der Waals surface area contributed by atoms with Crippen molar-refractivity contribution in [2.45, 2.75) is 39.1 Å². The van der Waals surface area contributed by atoms with Crippen LogP contribution in [0.2, 0.25) is 0 Å². The van der Waals surface area contributed by atoms with Crippen molar-refractivity contribution in [3.8, 4) is 0 Å². The summed E-state index contributed by atoms with van der Waals surface area (Å²) >= 11 is 3.81. The summed E-state index contributed by atoms with van der Waals surface area (Å²) in [6.07, 6.45) is 6.43. The summed E-state index contributed by atoms with van der Waals surface area (Å²) in [4.78, 5) is 10.1. The molecule has 0 bridgehead atoms. The number of nitrogens with one attached hydrogen (secondary N) is 3. The first-order chi connectivity index (χ1) is 18.3. The van der Waals surface area contributed by atoms with Gasteiger partial charge in [0, 0.05) is 25.8 Å². The Morgan fingerprint density at radius 3 is 2.16 bits per heavy atom. The molecule has 1 aliphatic carbocycles. The third kappa shape index (κ3) is 3.20. The summed E-state index contributed by atoms with van der Waals surface area (Å²) in [5.74, 6) is 0. The molecule has 0 amide bonds. The van der Waals surface area contributed by atoms with E-state index in [9.17, 15) is 0 Å². The Kier molecular flexibility index (Phi) is 5.00. The summed E-state index contributed by atoms with van der Waals surface area (Å²) in [6, 6.07) is 31.3. The average Bonchev–Trinajstić information content (AvgIpc) is 2.92. The van der Waals surface area contributed by atoms with E-state index < -0.39 is 0 Å². The van der Waals surface area contributed by atoms with Gasteiger partial charge in [0.15, 0.2) is 0 Å². The molecular weight excluding hydrogens is 493 g/mol. The topological polar surface area (TPSA) is 49.0 Å². The van der Waals surface area contributed by atoms with Gasteiger partial charge < -0.3 is 0 Å². The van der Waals surface area contributed by atoms with Gasteiger partial charge in [-0.1, -0.05) is 78.1 Å². The number of hydrogen-bond donors (Lipinski definition) is 3. The molecule has 6 heteroatoms. The Morgan fingerprint density at radius 2 is 1.46 bits per heavy atom. The van der Waals surface area contributed by atoms with Crippen LogP contribution < -0.4 is 16.4 Å². The molecule has 1 aromatic heterocycles. The standard InChI is InChI=1S/C31H24N4S2/c1-3-10-26-21(7-1)31(22-8-2-4-11-27(22)36-26)23-14-12-19(25-9-5-6-16-32-25)17-28(23)37-29-18-20(13-15-24(29)31)30-33-35-34-30/h1-11,13,15-18,30,33-35H,12,14H2. The number of aromatic nitrogens is 1. The number of hydrogen-bond acceptors (Lipinski definition) is 6. The van der Waals surface area contributed by atoms with Crippen LogP contribution in [0.4, 0.5) is 0 Å². The normalized spacial score (nSPS) is 19.3. The molecule has 3 aromatic carbocycles. The minimum atomic E-state index is -0.308. The van der Waals surface area contributed by atoms with Gasteiger partial charge in [0.1, 0.15) is 6.17 Å². The number of hydrazine groups is 2. The fourth-order valence-corrected chi connectivity index (χ4v) is 8.77. The lowest BCUT2D eigenvalue weighted by Gasteiger charge is -2.48. The van der Waals surface area contributed by atoms with Crippen LogP contribution in [-0.2, 0) is 5.41 Å². The Bertz CT molecular complexity index is 1580. The van der Waals surface area contributed by atoms with E-state index in [0.29, 0.717) is 0 Å². The Labute approximate surface area is 224 Å². The lowest BCUT2D eigenvalue weighted by molar-refractivity contribution is 0.189. The molecule has 3 N–H and O–H groups in total. The van der Waals surface area contributed by atoms with Crippen molar-refractivity contribution in [1.82, 2.24) is 21.4 Å². The van der Waals surface area contributed by atoms with E-state index in [-0.39, 0.29) is 11.6 Å². The molecule has 4 nitrogen and oxygen atoms in total. The summed E-state index contributed by atoms with van der Waals surface area (Å²) in [5.41, 5.74) is 18.5. The molecule has 0 saturated carbocycles. The number of pyridine rings is 1. The second kappa shape index (κ2) is 8.45. The molecule has 0 unspecified atom stereocenters. The first-order valence-electron chi connectivity index (χ1n) is 12.6. The molecule has 1 spiro atoms. The lowest BCUT2D eigenvalue weighted by atomic mass is 9.62. The number of benzene rings is 3. The van der Waals surface area contributed by atoms with E-state index in [1.165, 1.54) is 53.0 Å². The van der Waals surface area contributed by atoms with E-state index in [1.807, 2.05) is 35.8 Å². The fourth-order valence-electron chi connectivity index (χ4n) is 6.23. The van der Waals surface area contributed by atoms with Crippen LogP contribution in [0.1, 0.15) is 47.0 Å². The first kappa shape index (κ1) is 21.9. The second-order valence-corrected chi connectivity index (χ2v) is 11.9. The van der Waals surface area contributed by atoms with Crippen molar-refractivity contribution in [3.63, 3.8) is 0 Å². The maximum absolute atomic E-state index is 4.69. The maximum Gasteiger partial charge on any atom is 0.111 e. The second-order valence-electron chi connectivity index (χ2n) is 9.78. The molecule has 4 heterocycles. The summed E-state index contributed by atoms with van der Waals surface area (Å²) in [7, 11) is 0. The van der Waals surface area contributed by atoms with Crippen LogP contribution in [0.5, 0.6) is 0 Å². The van der Waals surface area contributed by atoms with E-state index in [2.05, 4.69) is 106 Å². The van der Waals surface area contributed by atoms with Gasteiger partial charge in [-0.25, -0.2) is 10.9 Å². The number of allylic oxidation sites excluding steroid dienone is 3. The summed E-state index contributed by atoms with van der Waals surface area (Å²) in [6.45, 7) is 0. The van der Waals surface area contributed by atoms with E-state index in [0.717, 1.165) is 18.5 Å². The van der Waals surface area contributed by atoms with Gasteiger partial charge >= 0.3 is 0 Å². The van der Waals surface area contributed by atoms with Crippen LogP contribution in [0.15, 0.2) is 122 Å². The third-order valence-electron chi connectivity index (χ3n) is 7.89. The molecule has 0 atom stereocenters. The predicted molar refractivity (Wildman–Crippen MR) is 150 cm³/mol. The van der Waals surface area contributed by atoms with Gasteiger partial charge in [-0.3, -0.25) is 4.98 Å². The highest BCUT2D eigenvalue weighted by atomic mass is 32.2. The number of rotatable bonds is 2. The van der Waals surface area contributed by atoms with Crippen molar-refractivity contribution < 1.29 is 0 Å².